The van der Waals surface area contributed by atoms with Gasteiger partial charge < -0.3 is 14.9 Å². The van der Waals surface area contributed by atoms with E-state index < -0.39 is 19.2 Å². The van der Waals surface area contributed by atoms with Gasteiger partial charge in [0.15, 0.2) is 0 Å². The van der Waals surface area contributed by atoms with Gasteiger partial charge in [-0.2, -0.15) is 0 Å². The molecular formula is C16H24NO4P. The van der Waals surface area contributed by atoms with Crippen molar-refractivity contribution in [2.45, 2.75) is 44.5 Å². The van der Waals surface area contributed by atoms with Crippen molar-refractivity contribution in [1.29, 1.82) is 0 Å². The van der Waals surface area contributed by atoms with Crippen molar-refractivity contribution in [1.82, 2.24) is 5.32 Å². The molecule has 0 radical (unpaired) electrons. The first kappa shape index (κ1) is 17.0. The minimum atomic E-state index is -3.41. The van der Waals surface area contributed by atoms with Crippen LogP contribution >= 0.6 is 7.37 Å². The summed E-state index contributed by atoms with van der Waals surface area (Å²) in [6.07, 6.45) is 4.37. The van der Waals surface area contributed by atoms with Crippen LogP contribution in [0.3, 0.4) is 0 Å². The van der Waals surface area contributed by atoms with Crippen LogP contribution in [0.2, 0.25) is 0 Å². The molecule has 2 atom stereocenters. The van der Waals surface area contributed by atoms with Crippen LogP contribution in [0, 0.1) is 5.92 Å². The zero-order valence-corrected chi connectivity index (χ0v) is 13.8. The standard InChI is InChI=1S/C16H24NO4P/c1-22(19,20)15(14-10-6-3-7-11-14)17-16(18)21-12-13-8-4-2-5-9-13/h2,4-5,8-9,14-15H,3,6-7,10-12H2,1H3,(H,17,18)(H,19,20). The van der Waals surface area contributed by atoms with Crippen molar-refractivity contribution >= 4 is 13.5 Å². The van der Waals surface area contributed by atoms with E-state index in [2.05, 4.69) is 5.32 Å². The van der Waals surface area contributed by atoms with E-state index in [1.54, 1.807) is 0 Å². The van der Waals surface area contributed by atoms with Gasteiger partial charge in [0.25, 0.3) is 0 Å². The van der Waals surface area contributed by atoms with Crippen LogP contribution in [0.4, 0.5) is 4.79 Å². The molecule has 5 nitrogen and oxygen atoms in total. The molecule has 22 heavy (non-hydrogen) atoms. The molecule has 0 saturated heterocycles. The third-order valence-electron chi connectivity index (χ3n) is 4.09. The summed E-state index contributed by atoms with van der Waals surface area (Å²) >= 11 is 0. The van der Waals surface area contributed by atoms with Crippen LogP contribution < -0.4 is 5.32 Å². The number of alkyl carbamates (subject to hydrolysis) is 1. The quantitative estimate of drug-likeness (QED) is 0.809. The molecule has 1 amide bonds. The monoisotopic (exact) mass is 325 g/mol. The third kappa shape index (κ3) is 5.15. The van der Waals surface area contributed by atoms with E-state index in [9.17, 15) is 14.3 Å². The van der Waals surface area contributed by atoms with Crippen molar-refractivity contribution in [2.24, 2.45) is 5.92 Å². The molecule has 1 aliphatic rings. The largest absolute Gasteiger partial charge is 0.445 e. The highest BCUT2D eigenvalue weighted by Gasteiger charge is 2.35. The van der Waals surface area contributed by atoms with Gasteiger partial charge in [-0.05, 0) is 24.3 Å². The average Bonchev–Trinajstić information content (AvgIpc) is 2.51. The summed E-state index contributed by atoms with van der Waals surface area (Å²) in [7, 11) is -3.41. The molecule has 1 aromatic rings. The average molecular weight is 325 g/mol. The zero-order chi connectivity index (χ0) is 16.0. The molecule has 6 heteroatoms. The highest BCUT2D eigenvalue weighted by molar-refractivity contribution is 7.57. The summed E-state index contributed by atoms with van der Waals surface area (Å²) in [5.41, 5.74) is 0.885. The molecule has 2 N–H and O–H groups in total. The van der Waals surface area contributed by atoms with E-state index in [0.29, 0.717) is 0 Å². The van der Waals surface area contributed by atoms with Gasteiger partial charge >= 0.3 is 6.09 Å². The second kappa shape index (κ2) is 7.80. The molecule has 0 aromatic heterocycles. The lowest BCUT2D eigenvalue weighted by atomic mass is 9.89. The fourth-order valence-corrected chi connectivity index (χ4v) is 4.39. The highest BCUT2D eigenvalue weighted by Crippen LogP contribution is 2.47. The van der Waals surface area contributed by atoms with Crippen molar-refractivity contribution in [3.05, 3.63) is 35.9 Å². The smallest absolute Gasteiger partial charge is 0.408 e. The van der Waals surface area contributed by atoms with Gasteiger partial charge in [0, 0.05) is 6.66 Å². The van der Waals surface area contributed by atoms with E-state index >= 15 is 0 Å². The maximum absolute atomic E-state index is 12.1. The first-order chi connectivity index (χ1) is 10.5. The van der Waals surface area contributed by atoms with Gasteiger partial charge in [0.2, 0.25) is 7.37 Å². The minimum Gasteiger partial charge on any atom is -0.445 e. The Morgan fingerprint density at radius 2 is 1.95 bits per heavy atom. The van der Waals surface area contributed by atoms with E-state index in [-0.39, 0.29) is 12.5 Å². The molecule has 1 aliphatic carbocycles. The summed E-state index contributed by atoms with van der Waals surface area (Å²) in [6, 6.07) is 9.36. The Morgan fingerprint density at radius 3 is 2.55 bits per heavy atom. The van der Waals surface area contributed by atoms with Crippen LogP contribution in [0.15, 0.2) is 30.3 Å². The Morgan fingerprint density at radius 1 is 1.32 bits per heavy atom. The number of hydrogen-bond acceptors (Lipinski definition) is 3. The van der Waals surface area contributed by atoms with Crippen LogP contribution in [0.1, 0.15) is 37.7 Å². The number of amides is 1. The lowest BCUT2D eigenvalue weighted by Gasteiger charge is -2.32. The number of hydrogen-bond donors (Lipinski definition) is 2. The van der Waals surface area contributed by atoms with E-state index in [0.717, 1.165) is 37.7 Å². The first-order valence-corrected chi connectivity index (χ1v) is 9.91. The van der Waals surface area contributed by atoms with Gasteiger partial charge in [-0.3, -0.25) is 4.57 Å². The van der Waals surface area contributed by atoms with Crippen LogP contribution in [-0.4, -0.2) is 23.4 Å². The van der Waals surface area contributed by atoms with Crippen molar-refractivity contribution < 1.29 is 19.0 Å². The summed E-state index contributed by atoms with van der Waals surface area (Å²) in [5, 5.41) is 2.62. The van der Waals surface area contributed by atoms with Crippen LogP contribution in [0.25, 0.3) is 0 Å². The number of benzene rings is 1. The Bertz CT molecular complexity index is 522. The Kier molecular flexibility index (Phi) is 6.04. The van der Waals surface area contributed by atoms with Crippen molar-refractivity contribution in [2.75, 3.05) is 6.66 Å². The molecule has 0 spiro atoms. The molecule has 0 aliphatic heterocycles. The number of ether oxygens (including phenoxy) is 1. The SMILES string of the molecule is CP(=O)(O)C(NC(=O)OCc1ccccc1)C1CCCCC1. The Hall–Kier alpha value is -1.32. The number of nitrogens with one attached hydrogen (secondary N) is 1. The minimum absolute atomic E-state index is 0.0545. The van der Waals surface area contributed by atoms with Crippen molar-refractivity contribution in [3.63, 3.8) is 0 Å². The molecule has 122 valence electrons. The molecule has 1 saturated carbocycles. The van der Waals surface area contributed by atoms with Gasteiger partial charge in [0.1, 0.15) is 12.4 Å². The molecule has 1 aromatic carbocycles. The Balaban J connectivity index is 1.91. The number of carbonyl (C=O) groups excluding carboxylic acids is 1. The van der Waals surface area contributed by atoms with Gasteiger partial charge in [-0.1, -0.05) is 49.6 Å². The topological polar surface area (TPSA) is 75.6 Å². The summed E-state index contributed by atoms with van der Waals surface area (Å²) in [6.45, 7) is 1.47. The number of rotatable bonds is 5. The van der Waals surface area contributed by atoms with Gasteiger partial charge in [0.05, 0.1) is 0 Å². The second-order valence-electron chi connectivity index (χ2n) is 5.99. The van der Waals surface area contributed by atoms with E-state index in [1.807, 2.05) is 30.3 Å². The van der Waals surface area contributed by atoms with E-state index in [1.165, 1.54) is 6.66 Å². The van der Waals surface area contributed by atoms with E-state index in [4.69, 9.17) is 4.74 Å². The van der Waals surface area contributed by atoms with Crippen LogP contribution in [0.5, 0.6) is 0 Å². The van der Waals surface area contributed by atoms with Gasteiger partial charge in [-0.25, -0.2) is 4.79 Å². The summed E-state index contributed by atoms with van der Waals surface area (Å²) < 4.78 is 17.3. The molecule has 2 rings (SSSR count). The zero-order valence-electron chi connectivity index (χ0n) is 12.9. The molecule has 2 unspecified atom stereocenters. The maximum atomic E-state index is 12.1. The predicted molar refractivity (Wildman–Crippen MR) is 85.9 cm³/mol. The summed E-state index contributed by atoms with van der Waals surface area (Å²) in [4.78, 5) is 21.9. The maximum Gasteiger partial charge on any atom is 0.408 e. The lowest BCUT2D eigenvalue weighted by Crippen LogP contribution is -2.41. The third-order valence-corrected chi connectivity index (χ3v) is 5.67. The van der Waals surface area contributed by atoms with Crippen LogP contribution in [-0.2, 0) is 15.9 Å². The lowest BCUT2D eigenvalue weighted by molar-refractivity contribution is 0.133. The fourth-order valence-electron chi connectivity index (χ4n) is 2.96. The molecule has 0 bridgehead atoms. The van der Waals surface area contributed by atoms with Gasteiger partial charge in [-0.15, -0.1) is 0 Å². The normalized spacial score (nSPS) is 19.9. The molecular weight excluding hydrogens is 301 g/mol. The molecule has 1 fully saturated rings. The first-order valence-electron chi connectivity index (χ1n) is 7.74. The van der Waals surface area contributed by atoms with Crippen molar-refractivity contribution in [3.8, 4) is 0 Å². The summed E-state index contributed by atoms with van der Waals surface area (Å²) in [5.74, 6) is -0.657. The molecule has 0 heterocycles. The Labute approximate surface area is 131 Å². The highest BCUT2D eigenvalue weighted by atomic mass is 31.2. The predicted octanol–water partition coefficient (Wildman–Crippen LogP) is 3.72. The fraction of sp³-hybridized carbons (Fsp3) is 0.562. The second-order valence-corrected chi connectivity index (χ2v) is 8.44. The number of carbonyl (C=O) groups is 1.